The van der Waals surface area contributed by atoms with Crippen molar-refractivity contribution < 1.29 is 17.9 Å². The lowest BCUT2D eigenvalue weighted by Crippen LogP contribution is -2.17. The molecule has 0 aliphatic carbocycles. The van der Waals surface area contributed by atoms with Gasteiger partial charge in [0.05, 0.1) is 5.69 Å². The SMILES string of the molecule is Cc1n[nH]c(C)c1-c1cccc(OC(F)(F)F)c1. The molecule has 0 unspecified atom stereocenters. The minimum absolute atomic E-state index is 0.236. The first-order chi connectivity index (χ1) is 8.37. The summed E-state index contributed by atoms with van der Waals surface area (Å²) in [5.41, 5.74) is 2.97. The number of aryl methyl sites for hydroxylation is 2. The van der Waals surface area contributed by atoms with E-state index >= 15 is 0 Å². The third-order valence-corrected chi connectivity index (χ3v) is 2.48. The third kappa shape index (κ3) is 2.64. The standard InChI is InChI=1S/C12H11F3N2O/c1-7-11(8(2)17-16-7)9-4-3-5-10(6-9)18-12(13,14)15/h3-6H,1-2H3,(H,16,17). The highest BCUT2D eigenvalue weighted by atomic mass is 19.4. The lowest BCUT2D eigenvalue weighted by Gasteiger charge is -2.10. The van der Waals surface area contributed by atoms with Crippen LogP contribution < -0.4 is 4.74 Å². The van der Waals surface area contributed by atoms with Crippen molar-refractivity contribution in [3.63, 3.8) is 0 Å². The number of nitrogens with one attached hydrogen (secondary N) is 1. The minimum atomic E-state index is -4.68. The zero-order valence-electron chi connectivity index (χ0n) is 9.80. The Hall–Kier alpha value is -1.98. The van der Waals surface area contributed by atoms with E-state index in [2.05, 4.69) is 14.9 Å². The summed E-state index contributed by atoms with van der Waals surface area (Å²) in [4.78, 5) is 0. The second-order valence-corrected chi connectivity index (χ2v) is 3.88. The summed E-state index contributed by atoms with van der Waals surface area (Å²) in [5, 5.41) is 6.80. The van der Waals surface area contributed by atoms with E-state index in [9.17, 15) is 13.2 Å². The van der Waals surface area contributed by atoms with Crippen LogP contribution in [0.1, 0.15) is 11.4 Å². The molecular formula is C12H11F3N2O. The molecule has 1 N–H and O–H groups in total. The maximum atomic E-state index is 12.1. The smallest absolute Gasteiger partial charge is 0.406 e. The molecule has 6 heteroatoms. The largest absolute Gasteiger partial charge is 0.573 e. The zero-order chi connectivity index (χ0) is 13.3. The summed E-state index contributed by atoms with van der Waals surface area (Å²) in [6.45, 7) is 3.60. The molecule has 0 saturated carbocycles. The number of hydrogen-bond acceptors (Lipinski definition) is 2. The van der Waals surface area contributed by atoms with Crippen LogP contribution in [0, 0.1) is 13.8 Å². The number of benzene rings is 1. The predicted molar refractivity (Wildman–Crippen MR) is 60.2 cm³/mol. The van der Waals surface area contributed by atoms with Crippen LogP contribution in [0.2, 0.25) is 0 Å². The molecule has 0 radical (unpaired) electrons. The van der Waals surface area contributed by atoms with Crippen LogP contribution in [0.15, 0.2) is 24.3 Å². The maximum Gasteiger partial charge on any atom is 0.573 e. The molecule has 1 aromatic carbocycles. The lowest BCUT2D eigenvalue weighted by molar-refractivity contribution is -0.274. The van der Waals surface area contributed by atoms with E-state index in [0.717, 1.165) is 17.0 Å². The maximum absolute atomic E-state index is 12.1. The molecule has 0 atom stereocenters. The molecule has 0 aliphatic rings. The monoisotopic (exact) mass is 256 g/mol. The van der Waals surface area contributed by atoms with E-state index < -0.39 is 6.36 Å². The highest BCUT2D eigenvalue weighted by Gasteiger charge is 2.31. The number of halogens is 3. The van der Waals surface area contributed by atoms with Gasteiger partial charge in [0.1, 0.15) is 5.75 Å². The quantitative estimate of drug-likeness (QED) is 0.891. The number of aromatic nitrogens is 2. The van der Waals surface area contributed by atoms with Crippen molar-refractivity contribution in [1.29, 1.82) is 0 Å². The van der Waals surface area contributed by atoms with Gasteiger partial charge in [-0.25, -0.2) is 0 Å². The van der Waals surface area contributed by atoms with E-state index in [4.69, 9.17) is 0 Å². The second-order valence-electron chi connectivity index (χ2n) is 3.88. The topological polar surface area (TPSA) is 37.9 Å². The van der Waals surface area contributed by atoms with E-state index in [0.29, 0.717) is 5.56 Å². The second kappa shape index (κ2) is 4.36. The van der Waals surface area contributed by atoms with Crippen LogP contribution in [0.4, 0.5) is 13.2 Å². The average molecular weight is 256 g/mol. The van der Waals surface area contributed by atoms with Gasteiger partial charge in [-0.15, -0.1) is 13.2 Å². The van der Waals surface area contributed by atoms with Crippen molar-refractivity contribution in [3.05, 3.63) is 35.7 Å². The van der Waals surface area contributed by atoms with Gasteiger partial charge >= 0.3 is 6.36 Å². The van der Waals surface area contributed by atoms with Crippen LogP contribution in [0.3, 0.4) is 0 Å². The van der Waals surface area contributed by atoms with Crippen LogP contribution >= 0.6 is 0 Å². The van der Waals surface area contributed by atoms with Crippen LogP contribution in [-0.4, -0.2) is 16.6 Å². The molecule has 1 aromatic heterocycles. The predicted octanol–water partition coefficient (Wildman–Crippen LogP) is 3.59. The molecule has 18 heavy (non-hydrogen) atoms. The fourth-order valence-electron chi connectivity index (χ4n) is 1.82. The molecule has 2 rings (SSSR count). The number of ether oxygens (including phenoxy) is 1. The zero-order valence-corrected chi connectivity index (χ0v) is 9.80. The summed E-state index contributed by atoms with van der Waals surface area (Å²) in [5.74, 6) is -0.236. The fourth-order valence-corrected chi connectivity index (χ4v) is 1.82. The Morgan fingerprint density at radius 1 is 1.22 bits per heavy atom. The number of H-pyrrole nitrogens is 1. The molecule has 0 bridgehead atoms. The average Bonchev–Trinajstić information content (AvgIpc) is 2.56. The molecule has 96 valence electrons. The van der Waals surface area contributed by atoms with Crippen molar-refractivity contribution in [2.45, 2.75) is 20.2 Å². The number of alkyl halides is 3. The Bertz CT molecular complexity index is 541. The molecule has 0 spiro atoms. The molecule has 0 saturated heterocycles. The number of aromatic amines is 1. The summed E-state index contributed by atoms with van der Waals surface area (Å²) in [6, 6.07) is 5.84. The lowest BCUT2D eigenvalue weighted by atomic mass is 10.0. The van der Waals surface area contributed by atoms with E-state index in [1.807, 2.05) is 6.92 Å². The molecule has 0 aliphatic heterocycles. The van der Waals surface area contributed by atoms with Crippen molar-refractivity contribution in [1.82, 2.24) is 10.2 Å². The Kier molecular flexibility index (Phi) is 3.02. The Balaban J connectivity index is 2.39. The summed E-state index contributed by atoms with van der Waals surface area (Å²) >= 11 is 0. The highest BCUT2D eigenvalue weighted by Crippen LogP contribution is 2.30. The van der Waals surface area contributed by atoms with Gasteiger partial charge in [0, 0.05) is 11.3 Å². The Morgan fingerprint density at radius 2 is 1.94 bits per heavy atom. The minimum Gasteiger partial charge on any atom is -0.406 e. The van der Waals surface area contributed by atoms with Crippen molar-refractivity contribution in [2.75, 3.05) is 0 Å². The number of nitrogens with zero attached hydrogens (tertiary/aromatic N) is 1. The van der Waals surface area contributed by atoms with Gasteiger partial charge in [-0.1, -0.05) is 12.1 Å². The molecule has 0 fully saturated rings. The van der Waals surface area contributed by atoms with Gasteiger partial charge < -0.3 is 4.74 Å². The van der Waals surface area contributed by atoms with Gasteiger partial charge in [0.2, 0.25) is 0 Å². The molecule has 3 nitrogen and oxygen atoms in total. The Labute approximate surface area is 102 Å². The van der Waals surface area contributed by atoms with E-state index in [1.165, 1.54) is 18.2 Å². The van der Waals surface area contributed by atoms with E-state index in [-0.39, 0.29) is 5.75 Å². The van der Waals surface area contributed by atoms with Gasteiger partial charge in [-0.05, 0) is 31.5 Å². The Morgan fingerprint density at radius 3 is 2.50 bits per heavy atom. The first kappa shape index (κ1) is 12.5. The number of rotatable bonds is 2. The third-order valence-electron chi connectivity index (χ3n) is 2.48. The van der Waals surface area contributed by atoms with Crippen molar-refractivity contribution >= 4 is 0 Å². The van der Waals surface area contributed by atoms with Crippen LogP contribution in [-0.2, 0) is 0 Å². The molecular weight excluding hydrogens is 245 g/mol. The van der Waals surface area contributed by atoms with Gasteiger partial charge in [0.25, 0.3) is 0 Å². The van der Waals surface area contributed by atoms with Crippen LogP contribution in [0.5, 0.6) is 5.75 Å². The van der Waals surface area contributed by atoms with E-state index in [1.54, 1.807) is 13.0 Å². The summed E-state index contributed by atoms with van der Waals surface area (Å²) in [7, 11) is 0. The number of hydrogen-bond donors (Lipinski definition) is 1. The fraction of sp³-hybridized carbons (Fsp3) is 0.250. The van der Waals surface area contributed by atoms with Gasteiger partial charge in [0.15, 0.2) is 0 Å². The summed E-state index contributed by atoms with van der Waals surface area (Å²) in [6.07, 6.45) is -4.68. The molecule has 2 aromatic rings. The highest BCUT2D eigenvalue weighted by molar-refractivity contribution is 5.69. The normalized spacial score (nSPS) is 11.6. The van der Waals surface area contributed by atoms with Crippen LogP contribution in [0.25, 0.3) is 11.1 Å². The van der Waals surface area contributed by atoms with Gasteiger partial charge in [-0.3, -0.25) is 5.10 Å². The van der Waals surface area contributed by atoms with Gasteiger partial charge in [-0.2, -0.15) is 5.10 Å². The molecule has 0 amide bonds. The first-order valence-corrected chi connectivity index (χ1v) is 5.24. The summed E-state index contributed by atoms with van der Waals surface area (Å²) < 4.78 is 40.3. The van der Waals surface area contributed by atoms with Crippen molar-refractivity contribution in [3.8, 4) is 16.9 Å². The molecule has 1 heterocycles. The van der Waals surface area contributed by atoms with Crippen molar-refractivity contribution in [2.24, 2.45) is 0 Å². The first-order valence-electron chi connectivity index (χ1n) is 5.24.